The van der Waals surface area contributed by atoms with E-state index in [1.807, 2.05) is 43.1 Å². The number of carbonyl (C=O) groups is 1. The van der Waals surface area contributed by atoms with Crippen LogP contribution in [0.15, 0.2) is 30.6 Å². The second-order valence-corrected chi connectivity index (χ2v) is 7.68. The maximum absolute atomic E-state index is 13.0. The highest BCUT2D eigenvalue weighted by molar-refractivity contribution is 5.97. The number of fused-ring (bicyclic) bond motifs is 1. The number of aromatic nitrogens is 4. The summed E-state index contributed by atoms with van der Waals surface area (Å²) < 4.78 is 2.26. The fourth-order valence-electron chi connectivity index (χ4n) is 3.96. The molecule has 0 atom stereocenters. The minimum absolute atomic E-state index is 0.0947. The Labute approximate surface area is 165 Å². The van der Waals surface area contributed by atoms with Crippen LogP contribution >= 0.6 is 0 Å². The molecule has 4 rings (SSSR count). The zero-order valence-corrected chi connectivity index (χ0v) is 16.9. The number of carbonyl (C=O) groups excluding carboxylic acids is 1. The Morgan fingerprint density at radius 1 is 1.11 bits per heavy atom. The van der Waals surface area contributed by atoms with E-state index < -0.39 is 0 Å². The minimum Gasteiger partial charge on any atom is -0.339 e. The molecule has 6 nitrogen and oxygen atoms in total. The summed E-state index contributed by atoms with van der Waals surface area (Å²) in [6.45, 7) is 8.64. The molecule has 0 N–H and O–H groups in total. The van der Waals surface area contributed by atoms with Gasteiger partial charge in [0, 0.05) is 44.0 Å². The van der Waals surface area contributed by atoms with Gasteiger partial charge in [-0.2, -0.15) is 0 Å². The molecule has 6 heteroatoms. The van der Waals surface area contributed by atoms with Crippen molar-refractivity contribution in [3.8, 4) is 0 Å². The summed E-state index contributed by atoms with van der Waals surface area (Å²) in [7, 11) is 0. The van der Waals surface area contributed by atoms with Gasteiger partial charge in [0.2, 0.25) is 0 Å². The van der Waals surface area contributed by atoms with Crippen LogP contribution in [0.3, 0.4) is 0 Å². The first-order valence-corrected chi connectivity index (χ1v) is 10.1. The predicted molar refractivity (Wildman–Crippen MR) is 109 cm³/mol. The van der Waals surface area contributed by atoms with Gasteiger partial charge in [-0.1, -0.05) is 6.92 Å². The second kappa shape index (κ2) is 7.70. The Morgan fingerprint density at radius 2 is 1.82 bits per heavy atom. The van der Waals surface area contributed by atoms with Crippen LogP contribution < -0.4 is 0 Å². The zero-order chi connectivity index (χ0) is 19.7. The minimum atomic E-state index is 0.0947. The quantitative estimate of drug-likeness (QED) is 0.697. The third-order valence-electron chi connectivity index (χ3n) is 5.80. The SMILES string of the molecule is CCc1nccn1CC1CCN(C(=O)c2ccc3nc(C)c(C)nc3c2)CC1. The van der Waals surface area contributed by atoms with E-state index in [0.717, 1.165) is 67.1 Å². The van der Waals surface area contributed by atoms with E-state index in [1.165, 1.54) is 0 Å². The van der Waals surface area contributed by atoms with Gasteiger partial charge in [-0.05, 0) is 50.8 Å². The highest BCUT2D eigenvalue weighted by atomic mass is 16.2. The van der Waals surface area contributed by atoms with Gasteiger partial charge in [0.05, 0.1) is 22.4 Å². The average molecular weight is 377 g/mol. The molecule has 1 aliphatic rings. The first-order valence-electron chi connectivity index (χ1n) is 10.1. The molecule has 146 valence electrons. The lowest BCUT2D eigenvalue weighted by molar-refractivity contribution is 0.0682. The standard InChI is InChI=1S/C22H27N5O/c1-4-21-23-9-12-27(21)14-17-7-10-26(11-8-17)22(28)18-5-6-19-20(13-18)25-16(3)15(2)24-19/h5-6,9,12-13,17H,4,7-8,10-11,14H2,1-3H3. The highest BCUT2D eigenvalue weighted by Gasteiger charge is 2.24. The molecular weight excluding hydrogens is 350 g/mol. The molecule has 3 heterocycles. The van der Waals surface area contributed by atoms with E-state index in [2.05, 4.69) is 32.6 Å². The van der Waals surface area contributed by atoms with Crippen molar-refractivity contribution in [3.63, 3.8) is 0 Å². The predicted octanol–water partition coefficient (Wildman–Crippen LogP) is 3.56. The number of rotatable bonds is 4. The molecule has 28 heavy (non-hydrogen) atoms. The van der Waals surface area contributed by atoms with Crippen molar-refractivity contribution in [2.75, 3.05) is 13.1 Å². The van der Waals surface area contributed by atoms with Crippen LogP contribution in [0.4, 0.5) is 0 Å². The molecule has 0 radical (unpaired) electrons. The van der Waals surface area contributed by atoms with Crippen LogP contribution in [-0.2, 0) is 13.0 Å². The lowest BCUT2D eigenvalue weighted by Crippen LogP contribution is -2.39. The summed E-state index contributed by atoms with van der Waals surface area (Å²) in [5, 5.41) is 0. The Balaban J connectivity index is 1.42. The number of likely N-dealkylation sites (tertiary alicyclic amines) is 1. The fraction of sp³-hybridized carbons (Fsp3) is 0.455. The van der Waals surface area contributed by atoms with Crippen molar-refractivity contribution in [2.45, 2.75) is 46.6 Å². The summed E-state index contributed by atoms with van der Waals surface area (Å²) in [5.41, 5.74) is 4.16. The van der Waals surface area contributed by atoms with Gasteiger partial charge in [-0.15, -0.1) is 0 Å². The van der Waals surface area contributed by atoms with Crippen molar-refractivity contribution < 1.29 is 4.79 Å². The van der Waals surface area contributed by atoms with Crippen molar-refractivity contribution in [2.24, 2.45) is 5.92 Å². The first kappa shape index (κ1) is 18.6. The molecule has 1 aromatic carbocycles. The van der Waals surface area contributed by atoms with E-state index in [-0.39, 0.29) is 5.91 Å². The molecule has 3 aromatic rings. The first-order chi connectivity index (χ1) is 13.5. The molecule has 0 spiro atoms. The molecule has 1 aliphatic heterocycles. The van der Waals surface area contributed by atoms with Crippen molar-refractivity contribution in [1.29, 1.82) is 0 Å². The lowest BCUT2D eigenvalue weighted by Gasteiger charge is -2.32. The van der Waals surface area contributed by atoms with Crippen LogP contribution in [-0.4, -0.2) is 43.4 Å². The fourth-order valence-corrected chi connectivity index (χ4v) is 3.96. The lowest BCUT2D eigenvalue weighted by atomic mass is 9.96. The van der Waals surface area contributed by atoms with Gasteiger partial charge in [-0.25, -0.2) is 15.0 Å². The summed E-state index contributed by atoms with van der Waals surface area (Å²) in [6, 6.07) is 5.65. The van der Waals surface area contributed by atoms with Crippen LogP contribution in [0.5, 0.6) is 0 Å². The maximum atomic E-state index is 13.0. The third-order valence-corrected chi connectivity index (χ3v) is 5.80. The number of aryl methyl sites for hydroxylation is 3. The highest BCUT2D eigenvalue weighted by Crippen LogP contribution is 2.22. The number of hydrogen-bond donors (Lipinski definition) is 0. The molecule has 1 fully saturated rings. The molecule has 1 saturated heterocycles. The average Bonchev–Trinajstić information content (AvgIpc) is 3.15. The number of nitrogens with zero attached hydrogens (tertiary/aromatic N) is 5. The summed E-state index contributed by atoms with van der Waals surface area (Å²) in [6.07, 6.45) is 6.95. The van der Waals surface area contributed by atoms with Gasteiger partial charge < -0.3 is 9.47 Å². The van der Waals surface area contributed by atoms with Gasteiger partial charge in [-0.3, -0.25) is 4.79 Å². The van der Waals surface area contributed by atoms with Gasteiger partial charge in [0.1, 0.15) is 5.82 Å². The Morgan fingerprint density at radius 3 is 2.54 bits per heavy atom. The number of imidazole rings is 1. The van der Waals surface area contributed by atoms with Crippen LogP contribution in [0.1, 0.15) is 47.3 Å². The normalized spacial score (nSPS) is 15.3. The molecule has 0 saturated carbocycles. The summed E-state index contributed by atoms with van der Waals surface area (Å²) >= 11 is 0. The van der Waals surface area contributed by atoms with Crippen molar-refractivity contribution in [1.82, 2.24) is 24.4 Å². The van der Waals surface area contributed by atoms with Crippen molar-refractivity contribution >= 4 is 16.9 Å². The maximum Gasteiger partial charge on any atom is 0.253 e. The number of benzene rings is 1. The topological polar surface area (TPSA) is 63.9 Å². The Hall–Kier alpha value is -2.76. The van der Waals surface area contributed by atoms with Gasteiger partial charge in [0.15, 0.2) is 0 Å². The van der Waals surface area contributed by atoms with Crippen LogP contribution in [0.25, 0.3) is 11.0 Å². The Bertz CT molecular complexity index is 1000. The summed E-state index contributed by atoms with van der Waals surface area (Å²) in [5.74, 6) is 1.83. The van der Waals surface area contributed by atoms with Crippen LogP contribution in [0, 0.1) is 19.8 Å². The zero-order valence-electron chi connectivity index (χ0n) is 16.9. The number of amides is 1. The van der Waals surface area contributed by atoms with E-state index in [0.29, 0.717) is 11.5 Å². The van der Waals surface area contributed by atoms with E-state index in [4.69, 9.17) is 0 Å². The van der Waals surface area contributed by atoms with Crippen LogP contribution in [0.2, 0.25) is 0 Å². The molecule has 0 bridgehead atoms. The number of hydrogen-bond acceptors (Lipinski definition) is 4. The third kappa shape index (κ3) is 3.63. The second-order valence-electron chi connectivity index (χ2n) is 7.68. The molecular formula is C22H27N5O. The number of piperidine rings is 1. The molecule has 1 amide bonds. The van der Waals surface area contributed by atoms with E-state index in [9.17, 15) is 4.79 Å². The van der Waals surface area contributed by atoms with E-state index in [1.54, 1.807) is 0 Å². The summed E-state index contributed by atoms with van der Waals surface area (Å²) in [4.78, 5) is 28.5. The van der Waals surface area contributed by atoms with E-state index >= 15 is 0 Å². The molecule has 0 unspecified atom stereocenters. The van der Waals surface area contributed by atoms with Gasteiger partial charge >= 0.3 is 0 Å². The molecule has 2 aromatic heterocycles. The largest absolute Gasteiger partial charge is 0.339 e. The smallest absolute Gasteiger partial charge is 0.253 e. The Kier molecular flexibility index (Phi) is 5.11. The monoisotopic (exact) mass is 377 g/mol. The van der Waals surface area contributed by atoms with Crippen molar-refractivity contribution in [3.05, 3.63) is 53.4 Å². The van der Waals surface area contributed by atoms with Gasteiger partial charge in [0.25, 0.3) is 5.91 Å². The molecule has 0 aliphatic carbocycles.